The van der Waals surface area contributed by atoms with Gasteiger partial charge in [-0.25, -0.2) is 0 Å². The van der Waals surface area contributed by atoms with E-state index >= 15 is 0 Å². The lowest BCUT2D eigenvalue weighted by Gasteiger charge is -2.07. The molecule has 1 aliphatic carbocycles. The lowest BCUT2D eigenvalue weighted by Crippen LogP contribution is -2.02. The molecular weight excluding hydrogens is 134 g/mol. The second kappa shape index (κ2) is 5.00. The minimum Gasteiger partial charge on any atom is -0.391 e. The first-order chi connectivity index (χ1) is 5.43. The largest absolute Gasteiger partial charge is 0.391 e. The summed E-state index contributed by atoms with van der Waals surface area (Å²) in [5, 5.41) is 3.17. The first-order valence-corrected chi connectivity index (χ1v) is 4.52. The highest BCUT2D eigenvalue weighted by molar-refractivity contribution is 5.19. The monoisotopic (exact) mass is 151 g/mol. The number of hydrogen-bond acceptors (Lipinski definition) is 1. The maximum Gasteiger partial charge on any atom is 0.0113 e. The van der Waals surface area contributed by atoms with E-state index in [4.69, 9.17) is 0 Å². The van der Waals surface area contributed by atoms with E-state index in [0.717, 1.165) is 6.54 Å². The van der Waals surface area contributed by atoms with Gasteiger partial charge in [-0.05, 0) is 44.9 Å². The average Bonchev–Trinajstić information content (AvgIpc) is 2.07. The molecule has 0 spiro atoms. The maximum atomic E-state index is 3.17. The summed E-state index contributed by atoms with van der Waals surface area (Å²) in [7, 11) is 0. The Balaban J connectivity index is 2.29. The van der Waals surface area contributed by atoms with E-state index in [1.807, 2.05) is 0 Å². The van der Waals surface area contributed by atoms with Crippen molar-refractivity contribution < 1.29 is 0 Å². The molecule has 0 saturated carbocycles. The van der Waals surface area contributed by atoms with Crippen molar-refractivity contribution in [3.63, 3.8) is 0 Å². The van der Waals surface area contributed by atoms with Gasteiger partial charge in [-0.15, -0.1) is 0 Å². The molecule has 0 amide bonds. The Bertz CT molecular complexity index is 156. The second-order valence-electron chi connectivity index (χ2n) is 2.92. The van der Waals surface area contributed by atoms with Crippen LogP contribution in [0.3, 0.4) is 0 Å². The molecule has 1 aliphatic rings. The first-order valence-electron chi connectivity index (χ1n) is 4.52. The standard InChI is InChI=1S/C10H17N/c1-2-11-9-8-10-6-4-3-5-7-10/h6,8-9,11H,2-5,7H2,1H3/b9-8-. The van der Waals surface area contributed by atoms with Gasteiger partial charge >= 0.3 is 0 Å². The van der Waals surface area contributed by atoms with Crippen LogP contribution in [-0.4, -0.2) is 6.54 Å². The van der Waals surface area contributed by atoms with E-state index in [1.165, 1.54) is 31.3 Å². The van der Waals surface area contributed by atoms with Gasteiger partial charge < -0.3 is 5.32 Å². The zero-order valence-corrected chi connectivity index (χ0v) is 7.27. The van der Waals surface area contributed by atoms with Crippen molar-refractivity contribution in [1.82, 2.24) is 5.32 Å². The Morgan fingerprint density at radius 3 is 3.09 bits per heavy atom. The Morgan fingerprint density at radius 1 is 1.55 bits per heavy atom. The molecule has 0 unspecified atom stereocenters. The summed E-state index contributed by atoms with van der Waals surface area (Å²) in [6, 6.07) is 0. The fourth-order valence-corrected chi connectivity index (χ4v) is 1.30. The van der Waals surface area contributed by atoms with E-state index < -0.39 is 0 Å². The lowest BCUT2D eigenvalue weighted by atomic mass is 10.00. The van der Waals surface area contributed by atoms with Crippen molar-refractivity contribution >= 4 is 0 Å². The minimum atomic E-state index is 1.02. The Morgan fingerprint density at radius 2 is 2.45 bits per heavy atom. The van der Waals surface area contributed by atoms with E-state index in [2.05, 4.69) is 30.6 Å². The molecule has 62 valence electrons. The number of hydrogen-bond donors (Lipinski definition) is 1. The van der Waals surface area contributed by atoms with Crippen LogP contribution >= 0.6 is 0 Å². The van der Waals surface area contributed by atoms with Gasteiger partial charge in [0.05, 0.1) is 0 Å². The number of rotatable bonds is 3. The quantitative estimate of drug-likeness (QED) is 0.653. The molecule has 0 bridgehead atoms. The van der Waals surface area contributed by atoms with Crippen LogP contribution in [-0.2, 0) is 0 Å². The van der Waals surface area contributed by atoms with Gasteiger partial charge in [-0.1, -0.05) is 11.6 Å². The zero-order chi connectivity index (χ0) is 7.94. The fourth-order valence-electron chi connectivity index (χ4n) is 1.30. The molecule has 0 aromatic carbocycles. The SMILES string of the molecule is CCN/C=C\C1=CCCCC1. The molecule has 0 atom stereocenters. The summed E-state index contributed by atoms with van der Waals surface area (Å²) in [6.45, 7) is 3.13. The predicted octanol–water partition coefficient (Wildman–Crippen LogP) is 2.61. The first kappa shape index (κ1) is 8.38. The summed E-state index contributed by atoms with van der Waals surface area (Å²) >= 11 is 0. The summed E-state index contributed by atoms with van der Waals surface area (Å²) in [5.41, 5.74) is 1.50. The third-order valence-corrected chi connectivity index (χ3v) is 1.95. The molecule has 0 aliphatic heterocycles. The zero-order valence-electron chi connectivity index (χ0n) is 7.27. The molecule has 0 radical (unpaired) electrons. The van der Waals surface area contributed by atoms with Crippen LogP contribution in [0.5, 0.6) is 0 Å². The van der Waals surface area contributed by atoms with Crippen molar-refractivity contribution in [2.75, 3.05) is 6.54 Å². The van der Waals surface area contributed by atoms with E-state index in [-0.39, 0.29) is 0 Å². The summed E-state index contributed by atoms with van der Waals surface area (Å²) in [4.78, 5) is 0. The van der Waals surface area contributed by atoms with Gasteiger partial charge in [0.2, 0.25) is 0 Å². The third kappa shape index (κ3) is 3.26. The minimum absolute atomic E-state index is 1.02. The van der Waals surface area contributed by atoms with Crippen molar-refractivity contribution in [2.24, 2.45) is 0 Å². The molecule has 0 heterocycles. The van der Waals surface area contributed by atoms with Crippen molar-refractivity contribution in [1.29, 1.82) is 0 Å². The van der Waals surface area contributed by atoms with Gasteiger partial charge in [0.1, 0.15) is 0 Å². The Hall–Kier alpha value is -0.720. The highest BCUT2D eigenvalue weighted by Gasteiger charge is 1.98. The molecule has 0 aromatic rings. The summed E-state index contributed by atoms with van der Waals surface area (Å²) in [5.74, 6) is 0. The molecule has 0 aromatic heterocycles. The molecule has 11 heavy (non-hydrogen) atoms. The normalized spacial score (nSPS) is 18.5. The van der Waals surface area contributed by atoms with Crippen LogP contribution in [0.4, 0.5) is 0 Å². The summed E-state index contributed by atoms with van der Waals surface area (Å²) in [6.07, 6.45) is 11.9. The van der Waals surface area contributed by atoms with E-state index in [1.54, 1.807) is 0 Å². The van der Waals surface area contributed by atoms with Gasteiger partial charge in [0, 0.05) is 6.54 Å². The van der Waals surface area contributed by atoms with Crippen LogP contribution in [0.1, 0.15) is 32.6 Å². The topological polar surface area (TPSA) is 12.0 Å². The van der Waals surface area contributed by atoms with Gasteiger partial charge in [-0.2, -0.15) is 0 Å². The molecule has 1 rings (SSSR count). The molecule has 1 heteroatoms. The highest BCUT2D eigenvalue weighted by atomic mass is 14.8. The second-order valence-corrected chi connectivity index (χ2v) is 2.92. The molecule has 0 saturated heterocycles. The van der Waals surface area contributed by atoms with Gasteiger partial charge in [0.25, 0.3) is 0 Å². The third-order valence-electron chi connectivity index (χ3n) is 1.95. The maximum absolute atomic E-state index is 3.17. The van der Waals surface area contributed by atoms with Crippen molar-refractivity contribution in [3.8, 4) is 0 Å². The van der Waals surface area contributed by atoms with E-state index in [0.29, 0.717) is 0 Å². The highest BCUT2D eigenvalue weighted by Crippen LogP contribution is 2.17. The fraction of sp³-hybridized carbons (Fsp3) is 0.600. The van der Waals surface area contributed by atoms with Crippen LogP contribution in [0.2, 0.25) is 0 Å². The van der Waals surface area contributed by atoms with Crippen LogP contribution in [0, 0.1) is 0 Å². The molecule has 1 nitrogen and oxygen atoms in total. The van der Waals surface area contributed by atoms with E-state index in [9.17, 15) is 0 Å². The number of allylic oxidation sites excluding steroid dienone is 3. The molecule has 1 N–H and O–H groups in total. The van der Waals surface area contributed by atoms with Gasteiger partial charge in [0.15, 0.2) is 0 Å². The summed E-state index contributed by atoms with van der Waals surface area (Å²) < 4.78 is 0. The smallest absolute Gasteiger partial charge is 0.0113 e. The van der Waals surface area contributed by atoms with Crippen LogP contribution < -0.4 is 5.32 Å². The Labute approximate surface area is 69.2 Å². The lowest BCUT2D eigenvalue weighted by molar-refractivity contribution is 0.711. The predicted molar refractivity (Wildman–Crippen MR) is 49.4 cm³/mol. The van der Waals surface area contributed by atoms with Crippen LogP contribution in [0.15, 0.2) is 23.9 Å². The van der Waals surface area contributed by atoms with Crippen LogP contribution in [0.25, 0.3) is 0 Å². The van der Waals surface area contributed by atoms with Crippen molar-refractivity contribution in [2.45, 2.75) is 32.6 Å². The Kier molecular flexibility index (Phi) is 3.81. The van der Waals surface area contributed by atoms with Crippen molar-refractivity contribution in [3.05, 3.63) is 23.9 Å². The average molecular weight is 151 g/mol. The number of nitrogens with one attached hydrogen (secondary N) is 1. The van der Waals surface area contributed by atoms with Gasteiger partial charge in [-0.3, -0.25) is 0 Å². The molecular formula is C10H17N. The molecule has 0 fully saturated rings.